The molecule has 0 spiro atoms. The fourth-order valence-electron chi connectivity index (χ4n) is 3.93. The van der Waals surface area contributed by atoms with E-state index in [4.69, 9.17) is 10.8 Å². The van der Waals surface area contributed by atoms with Crippen molar-refractivity contribution in [2.75, 3.05) is 0 Å². The molecule has 9 N–H and O–H groups in total. The normalized spacial score (nSPS) is 14.5. The minimum Gasteiger partial charge on any atom is -0.508 e. The van der Waals surface area contributed by atoms with E-state index in [-0.39, 0.29) is 24.3 Å². The van der Waals surface area contributed by atoms with Crippen LogP contribution in [-0.2, 0) is 36.8 Å². The van der Waals surface area contributed by atoms with E-state index < -0.39 is 66.2 Å². The second kappa shape index (κ2) is 15.2. The van der Waals surface area contributed by atoms with Gasteiger partial charge in [-0.1, -0.05) is 44.5 Å². The van der Waals surface area contributed by atoms with Crippen molar-refractivity contribution in [2.45, 2.75) is 63.7 Å². The number of phenols is 2. The van der Waals surface area contributed by atoms with Gasteiger partial charge in [-0.05, 0) is 47.7 Å². The first-order valence-electron chi connectivity index (χ1n) is 13.0. The molecule has 5 unspecified atom stereocenters. The zero-order chi connectivity index (χ0) is 30.7. The summed E-state index contributed by atoms with van der Waals surface area (Å²) in [4.78, 5) is 62.1. The van der Waals surface area contributed by atoms with Crippen LogP contribution in [0.25, 0.3) is 0 Å². The molecule has 5 atom stereocenters. The van der Waals surface area contributed by atoms with Gasteiger partial charge in [0.15, 0.2) is 0 Å². The van der Waals surface area contributed by atoms with Gasteiger partial charge in [0.2, 0.25) is 17.7 Å². The highest BCUT2D eigenvalue weighted by Gasteiger charge is 2.33. The van der Waals surface area contributed by atoms with Gasteiger partial charge in [-0.3, -0.25) is 19.2 Å². The van der Waals surface area contributed by atoms with E-state index in [0.717, 1.165) is 0 Å². The Kier molecular flexibility index (Phi) is 12.1. The number of carboxylic acid groups (broad SMARTS) is 2. The second-order valence-corrected chi connectivity index (χ2v) is 9.78. The number of nitrogens with one attached hydrogen (secondary N) is 3. The van der Waals surface area contributed by atoms with E-state index in [9.17, 15) is 39.3 Å². The van der Waals surface area contributed by atoms with Crippen LogP contribution in [0.4, 0.5) is 0 Å². The molecule has 0 fully saturated rings. The van der Waals surface area contributed by atoms with Crippen LogP contribution in [0.5, 0.6) is 11.5 Å². The Morgan fingerprint density at radius 2 is 1.22 bits per heavy atom. The zero-order valence-electron chi connectivity index (χ0n) is 22.7. The van der Waals surface area contributed by atoms with E-state index in [2.05, 4.69) is 16.0 Å². The number of hydrogen-bond acceptors (Lipinski definition) is 8. The predicted molar refractivity (Wildman–Crippen MR) is 147 cm³/mol. The van der Waals surface area contributed by atoms with Crippen LogP contribution in [0.1, 0.15) is 37.8 Å². The average molecular weight is 573 g/mol. The molecule has 0 saturated heterocycles. The van der Waals surface area contributed by atoms with E-state index in [1.807, 2.05) is 0 Å². The van der Waals surface area contributed by atoms with Gasteiger partial charge in [0.05, 0.1) is 12.5 Å². The fraction of sp³-hybridized carbons (Fsp3) is 0.393. The Bertz CT molecular complexity index is 1220. The lowest BCUT2D eigenvalue weighted by Gasteiger charge is -2.28. The molecule has 0 aliphatic carbocycles. The van der Waals surface area contributed by atoms with E-state index in [1.54, 1.807) is 26.0 Å². The van der Waals surface area contributed by atoms with E-state index in [0.29, 0.717) is 17.5 Å². The lowest BCUT2D eigenvalue weighted by molar-refractivity contribution is -0.147. The van der Waals surface area contributed by atoms with E-state index >= 15 is 0 Å². The molecule has 2 rings (SSSR count). The maximum Gasteiger partial charge on any atom is 0.326 e. The summed E-state index contributed by atoms with van der Waals surface area (Å²) in [5.74, 6) is -5.67. The highest BCUT2D eigenvalue weighted by molar-refractivity contribution is 5.95. The van der Waals surface area contributed by atoms with Crippen molar-refractivity contribution in [1.82, 2.24) is 16.0 Å². The van der Waals surface area contributed by atoms with Crippen LogP contribution in [0.2, 0.25) is 0 Å². The average Bonchev–Trinajstić information content (AvgIpc) is 2.92. The number of nitrogens with two attached hydrogens (primary N) is 1. The number of carboxylic acids is 2. The number of rotatable bonds is 15. The third-order valence-electron chi connectivity index (χ3n) is 6.52. The minimum absolute atomic E-state index is 0.0330. The van der Waals surface area contributed by atoms with Crippen molar-refractivity contribution in [3.8, 4) is 11.5 Å². The van der Waals surface area contributed by atoms with Crippen LogP contribution >= 0.6 is 0 Å². The maximum absolute atomic E-state index is 13.4. The van der Waals surface area contributed by atoms with Crippen LogP contribution in [0.3, 0.4) is 0 Å². The van der Waals surface area contributed by atoms with Crippen LogP contribution < -0.4 is 21.7 Å². The number of amides is 3. The van der Waals surface area contributed by atoms with Gasteiger partial charge in [0.1, 0.15) is 29.6 Å². The van der Waals surface area contributed by atoms with Gasteiger partial charge in [-0.25, -0.2) is 4.79 Å². The van der Waals surface area contributed by atoms with Crippen LogP contribution in [-0.4, -0.2) is 74.3 Å². The minimum atomic E-state index is -1.75. The zero-order valence-corrected chi connectivity index (χ0v) is 22.7. The molecule has 2 aromatic rings. The number of phenolic OH excluding ortho intramolecular Hbond substituents is 2. The molecule has 2 aromatic carbocycles. The summed E-state index contributed by atoms with van der Waals surface area (Å²) >= 11 is 0. The SMILES string of the molecule is CCC(C)C(NC(=O)C(N)Cc1ccc(O)cc1)C(=O)NC(Cc1ccc(O)cc1)C(=O)NC(CC(=O)O)C(=O)O. The summed E-state index contributed by atoms with van der Waals surface area (Å²) in [7, 11) is 0. The molecule has 0 aliphatic heterocycles. The highest BCUT2D eigenvalue weighted by Crippen LogP contribution is 2.15. The van der Waals surface area contributed by atoms with Crippen LogP contribution in [0.15, 0.2) is 48.5 Å². The van der Waals surface area contributed by atoms with Crippen molar-refractivity contribution in [3.63, 3.8) is 0 Å². The quantitative estimate of drug-likeness (QED) is 0.145. The number of carbonyl (C=O) groups is 5. The topological polar surface area (TPSA) is 228 Å². The summed E-state index contributed by atoms with van der Waals surface area (Å²) in [5.41, 5.74) is 7.27. The first kappa shape index (κ1) is 32.6. The van der Waals surface area contributed by atoms with Gasteiger partial charge in [0.25, 0.3) is 0 Å². The lowest BCUT2D eigenvalue weighted by atomic mass is 9.96. The Morgan fingerprint density at radius 3 is 1.68 bits per heavy atom. The van der Waals surface area contributed by atoms with Crippen molar-refractivity contribution >= 4 is 29.7 Å². The monoisotopic (exact) mass is 572 g/mol. The number of hydrogen-bond donors (Lipinski definition) is 8. The molecule has 0 aliphatic rings. The molecule has 0 aromatic heterocycles. The largest absolute Gasteiger partial charge is 0.508 e. The van der Waals surface area contributed by atoms with Gasteiger partial charge < -0.3 is 42.1 Å². The Morgan fingerprint density at radius 1 is 0.732 bits per heavy atom. The number of benzene rings is 2. The van der Waals surface area contributed by atoms with Crippen molar-refractivity contribution in [1.29, 1.82) is 0 Å². The van der Waals surface area contributed by atoms with Crippen molar-refractivity contribution < 1.29 is 44.4 Å². The molecule has 0 heterocycles. The number of carbonyl (C=O) groups excluding carboxylic acids is 3. The molecule has 0 bridgehead atoms. The van der Waals surface area contributed by atoms with Gasteiger partial charge in [-0.2, -0.15) is 0 Å². The molecule has 222 valence electrons. The smallest absolute Gasteiger partial charge is 0.326 e. The molecule has 0 saturated carbocycles. The number of aliphatic carboxylic acids is 2. The first-order valence-corrected chi connectivity index (χ1v) is 13.0. The lowest BCUT2D eigenvalue weighted by Crippen LogP contribution is -2.59. The third kappa shape index (κ3) is 10.4. The van der Waals surface area contributed by atoms with Gasteiger partial charge >= 0.3 is 11.9 Å². The molecule has 0 radical (unpaired) electrons. The number of aromatic hydroxyl groups is 2. The Labute approximate surface area is 236 Å². The summed E-state index contributed by atoms with van der Waals surface area (Å²) in [5, 5.41) is 44.7. The van der Waals surface area contributed by atoms with Gasteiger partial charge in [0, 0.05) is 6.42 Å². The molecular formula is C28H36N4O9. The maximum atomic E-state index is 13.4. The molecule has 13 heteroatoms. The molecule has 3 amide bonds. The highest BCUT2D eigenvalue weighted by atomic mass is 16.4. The second-order valence-electron chi connectivity index (χ2n) is 9.78. The summed E-state index contributed by atoms with van der Waals surface area (Å²) in [6.45, 7) is 3.52. The Hall–Kier alpha value is -4.65. The fourth-order valence-corrected chi connectivity index (χ4v) is 3.93. The van der Waals surface area contributed by atoms with Crippen LogP contribution in [0, 0.1) is 5.92 Å². The van der Waals surface area contributed by atoms with Crippen molar-refractivity contribution in [3.05, 3.63) is 59.7 Å². The Balaban J connectivity index is 2.24. The van der Waals surface area contributed by atoms with Gasteiger partial charge in [-0.15, -0.1) is 0 Å². The summed E-state index contributed by atoms with van der Waals surface area (Å²) in [6, 6.07) is 6.66. The molecule has 41 heavy (non-hydrogen) atoms. The first-order chi connectivity index (χ1) is 19.3. The summed E-state index contributed by atoms with van der Waals surface area (Å²) in [6.07, 6.45) is -0.405. The predicted octanol–water partition coefficient (Wildman–Crippen LogP) is 0.270. The molecule has 13 nitrogen and oxygen atoms in total. The summed E-state index contributed by atoms with van der Waals surface area (Å²) < 4.78 is 0. The van der Waals surface area contributed by atoms with Crippen molar-refractivity contribution in [2.24, 2.45) is 11.7 Å². The standard InChI is InChI=1S/C28H36N4O9/c1-3-15(2)24(32-25(37)20(29)12-16-4-8-18(33)9-5-16)27(39)30-21(13-17-6-10-19(34)11-7-17)26(38)31-22(28(40)41)14-23(35)36/h4-11,15,20-22,24,33-34H,3,12-14,29H2,1-2H3,(H,30,39)(H,31,38)(H,32,37)(H,35,36)(H,40,41). The molecular weight excluding hydrogens is 536 g/mol. The van der Waals surface area contributed by atoms with E-state index in [1.165, 1.54) is 36.4 Å². The third-order valence-corrected chi connectivity index (χ3v) is 6.52.